The van der Waals surface area contributed by atoms with Crippen LogP contribution in [0.5, 0.6) is 0 Å². The predicted octanol–water partition coefficient (Wildman–Crippen LogP) is 2.04. The van der Waals surface area contributed by atoms with Crippen LogP contribution in [-0.2, 0) is 4.74 Å². The van der Waals surface area contributed by atoms with Crippen molar-refractivity contribution in [2.45, 2.75) is 18.9 Å². The highest BCUT2D eigenvalue weighted by atomic mass is 16.5. The second kappa shape index (κ2) is 4.24. The van der Waals surface area contributed by atoms with Gasteiger partial charge in [-0.05, 0) is 12.8 Å². The molecule has 1 aliphatic heterocycles. The Bertz CT molecular complexity index is 315. The van der Waals surface area contributed by atoms with Crippen LogP contribution in [0.3, 0.4) is 0 Å². The molecule has 1 aliphatic rings. The zero-order valence-electron chi connectivity index (χ0n) is 7.89. The average molecular weight is 191 g/mol. The van der Waals surface area contributed by atoms with E-state index in [-0.39, 0.29) is 6.10 Å². The molecule has 1 saturated heterocycles. The van der Waals surface area contributed by atoms with E-state index in [2.05, 4.69) is 5.16 Å². The zero-order valence-corrected chi connectivity index (χ0v) is 7.89. The molecule has 0 amide bonds. The maximum Gasteiger partial charge on any atom is 0.116 e. The van der Waals surface area contributed by atoms with Crippen molar-refractivity contribution >= 4 is 5.71 Å². The lowest BCUT2D eigenvalue weighted by Crippen LogP contribution is -2.20. The van der Waals surface area contributed by atoms with Gasteiger partial charge in [0.25, 0.3) is 0 Å². The van der Waals surface area contributed by atoms with E-state index in [1.807, 2.05) is 30.3 Å². The van der Waals surface area contributed by atoms with Gasteiger partial charge in [0.15, 0.2) is 0 Å². The first kappa shape index (κ1) is 9.21. The fourth-order valence-electron chi connectivity index (χ4n) is 1.71. The molecule has 1 aromatic carbocycles. The quantitative estimate of drug-likeness (QED) is 0.441. The molecule has 0 aliphatic carbocycles. The molecule has 0 aromatic heterocycles. The highest BCUT2D eigenvalue weighted by Gasteiger charge is 2.23. The molecule has 2 rings (SSSR count). The van der Waals surface area contributed by atoms with Gasteiger partial charge in [-0.25, -0.2) is 0 Å². The molecule has 0 bridgehead atoms. The van der Waals surface area contributed by atoms with Gasteiger partial charge in [-0.15, -0.1) is 0 Å². The fraction of sp³-hybridized carbons (Fsp3) is 0.364. The third-order valence-electron chi connectivity index (χ3n) is 2.41. The van der Waals surface area contributed by atoms with Crippen LogP contribution in [0.15, 0.2) is 35.5 Å². The van der Waals surface area contributed by atoms with Crippen molar-refractivity contribution in [2.24, 2.45) is 5.16 Å². The Balaban J connectivity index is 2.22. The average Bonchev–Trinajstić information content (AvgIpc) is 2.74. The smallest absolute Gasteiger partial charge is 0.116 e. The Hall–Kier alpha value is -1.35. The third kappa shape index (κ3) is 1.77. The van der Waals surface area contributed by atoms with Crippen LogP contribution < -0.4 is 0 Å². The zero-order chi connectivity index (χ0) is 9.80. The number of hydrogen-bond acceptors (Lipinski definition) is 3. The SMILES string of the molecule is O/N=C(\c1ccccc1)C1CCCO1. The van der Waals surface area contributed by atoms with Crippen molar-refractivity contribution < 1.29 is 9.94 Å². The van der Waals surface area contributed by atoms with E-state index in [1.54, 1.807) is 0 Å². The summed E-state index contributed by atoms with van der Waals surface area (Å²) < 4.78 is 5.47. The second-order valence-corrected chi connectivity index (χ2v) is 3.35. The van der Waals surface area contributed by atoms with E-state index in [9.17, 15) is 0 Å². The second-order valence-electron chi connectivity index (χ2n) is 3.35. The van der Waals surface area contributed by atoms with Crippen molar-refractivity contribution in [3.8, 4) is 0 Å². The molecule has 14 heavy (non-hydrogen) atoms. The predicted molar refractivity (Wildman–Crippen MR) is 53.7 cm³/mol. The lowest BCUT2D eigenvalue weighted by Gasteiger charge is -2.10. The lowest BCUT2D eigenvalue weighted by atomic mass is 10.0. The maximum absolute atomic E-state index is 8.95. The number of ether oxygens (including phenoxy) is 1. The number of hydrogen-bond donors (Lipinski definition) is 1. The van der Waals surface area contributed by atoms with Crippen molar-refractivity contribution in [3.63, 3.8) is 0 Å². The minimum Gasteiger partial charge on any atom is -0.411 e. The molecule has 1 N–H and O–H groups in total. The third-order valence-corrected chi connectivity index (χ3v) is 2.41. The van der Waals surface area contributed by atoms with Gasteiger partial charge in [0.2, 0.25) is 0 Å². The lowest BCUT2D eigenvalue weighted by molar-refractivity contribution is 0.155. The van der Waals surface area contributed by atoms with Gasteiger partial charge in [-0.1, -0.05) is 35.5 Å². The normalized spacial score (nSPS) is 22.6. The van der Waals surface area contributed by atoms with Crippen molar-refractivity contribution in [1.82, 2.24) is 0 Å². The van der Waals surface area contributed by atoms with Crippen LogP contribution in [0.1, 0.15) is 18.4 Å². The minimum absolute atomic E-state index is 0.0394. The molecule has 74 valence electrons. The van der Waals surface area contributed by atoms with E-state index < -0.39 is 0 Å². The molecule has 1 heterocycles. The highest BCUT2D eigenvalue weighted by molar-refractivity contribution is 6.03. The first-order valence-corrected chi connectivity index (χ1v) is 4.81. The van der Waals surface area contributed by atoms with Gasteiger partial charge in [0.1, 0.15) is 11.8 Å². The summed E-state index contributed by atoms with van der Waals surface area (Å²) in [7, 11) is 0. The molecular weight excluding hydrogens is 178 g/mol. The van der Waals surface area contributed by atoms with Crippen LogP contribution in [0, 0.1) is 0 Å². The molecule has 3 heteroatoms. The van der Waals surface area contributed by atoms with Crippen LogP contribution in [0.4, 0.5) is 0 Å². The summed E-state index contributed by atoms with van der Waals surface area (Å²) >= 11 is 0. The van der Waals surface area contributed by atoms with E-state index >= 15 is 0 Å². The summed E-state index contributed by atoms with van der Waals surface area (Å²) in [5.41, 5.74) is 1.57. The summed E-state index contributed by atoms with van der Waals surface area (Å²) in [6, 6.07) is 9.65. The maximum atomic E-state index is 8.95. The molecule has 1 fully saturated rings. The summed E-state index contributed by atoms with van der Waals surface area (Å²) in [6.07, 6.45) is 1.94. The molecular formula is C11H13NO2. The van der Waals surface area contributed by atoms with Crippen LogP contribution in [0.2, 0.25) is 0 Å². The van der Waals surface area contributed by atoms with E-state index in [4.69, 9.17) is 9.94 Å². The monoisotopic (exact) mass is 191 g/mol. The number of oxime groups is 1. The molecule has 3 nitrogen and oxygen atoms in total. The largest absolute Gasteiger partial charge is 0.411 e. The summed E-state index contributed by atoms with van der Waals surface area (Å²) in [4.78, 5) is 0. The number of nitrogens with zero attached hydrogens (tertiary/aromatic N) is 1. The molecule has 1 unspecified atom stereocenters. The summed E-state index contributed by atoms with van der Waals surface area (Å²) in [5.74, 6) is 0. The highest BCUT2D eigenvalue weighted by Crippen LogP contribution is 2.17. The molecule has 0 radical (unpaired) electrons. The van der Waals surface area contributed by atoms with Crippen LogP contribution >= 0.6 is 0 Å². The summed E-state index contributed by atoms with van der Waals surface area (Å²) in [6.45, 7) is 0.760. The fourth-order valence-corrected chi connectivity index (χ4v) is 1.71. The van der Waals surface area contributed by atoms with E-state index in [1.165, 1.54) is 0 Å². The summed E-state index contributed by atoms with van der Waals surface area (Å²) in [5, 5.41) is 12.3. The Labute approximate surface area is 83.0 Å². The van der Waals surface area contributed by atoms with Gasteiger partial charge < -0.3 is 9.94 Å². The first-order valence-electron chi connectivity index (χ1n) is 4.81. The van der Waals surface area contributed by atoms with Gasteiger partial charge >= 0.3 is 0 Å². The molecule has 1 aromatic rings. The van der Waals surface area contributed by atoms with Crippen molar-refractivity contribution in [1.29, 1.82) is 0 Å². The van der Waals surface area contributed by atoms with Gasteiger partial charge in [-0.2, -0.15) is 0 Å². The van der Waals surface area contributed by atoms with E-state index in [0.29, 0.717) is 5.71 Å². The number of rotatable bonds is 2. The van der Waals surface area contributed by atoms with Gasteiger partial charge in [0.05, 0.1) is 0 Å². The van der Waals surface area contributed by atoms with Gasteiger partial charge in [-0.3, -0.25) is 0 Å². The Kier molecular flexibility index (Phi) is 2.79. The van der Waals surface area contributed by atoms with Gasteiger partial charge in [0, 0.05) is 12.2 Å². The van der Waals surface area contributed by atoms with E-state index in [0.717, 1.165) is 25.0 Å². The molecule has 1 atom stereocenters. The van der Waals surface area contributed by atoms with Crippen LogP contribution in [-0.4, -0.2) is 23.6 Å². The molecule has 0 spiro atoms. The standard InChI is InChI=1S/C11H13NO2/c13-12-11(10-7-4-8-14-10)9-5-2-1-3-6-9/h1-3,5-6,10,13H,4,7-8H2/b12-11+. The topological polar surface area (TPSA) is 41.8 Å². The first-order chi connectivity index (χ1) is 6.92. The van der Waals surface area contributed by atoms with Crippen molar-refractivity contribution in [3.05, 3.63) is 35.9 Å². The Morgan fingerprint density at radius 1 is 1.36 bits per heavy atom. The van der Waals surface area contributed by atoms with Crippen LogP contribution in [0.25, 0.3) is 0 Å². The van der Waals surface area contributed by atoms with Crippen molar-refractivity contribution in [2.75, 3.05) is 6.61 Å². The Morgan fingerprint density at radius 3 is 2.71 bits per heavy atom. The number of benzene rings is 1. The molecule has 0 saturated carbocycles. The minimum atomic E-state index is -0.0394. The Morgan fingerprint density at radius 2 is 2.14 bits per heavy atom.